The van der Waals surface area contributed by atoms with E-state index in [1.54, 1.807) is 0 Å². The molecule has 0 saturated heterocycles. The van der Waals surface area contributed by atoms with Gasteiger partial charge in [0.2, 0.25) is 0 Å². The predicted octanol–water partition coefficient (Wildman–Crippen LogP) is 2.07. The van der Waals surface area contributed by atoms with E-state index < -0.39 is 5.54 Å². The largest absolute Gasteiger partial charge is 0.467 e. The van der Waals surface area contributed by atoms with Crippen LogP contribution < -0.4 is 5.32 Å². The molecule has 0 heterocycles. The first-order valence-electron chi connectivity index (χ1n) is 6.14. The number of esters is 1. The van der Waals surface area contributed by atoms with E-state index in [9.17, 15) is 4.79 Å². The van der Waals surface area contributed by atoms with Crippen molar-refractivity contribution in [3.8, 4) is 0 Å². The molecule has 1 aliphatic carbocycles. The first-order chi connectivity index (χ1) is 8.25. The molecule has 1 N–H and O–H groups in total. The molecule has 1 fully saturated rings. The lowest BCUT2D eigenvalue weighted by Gasteiger charge is -2.32. The van der Waals surface area contributed by atoms with E-state index in [0.717, 1.165) is 24.9 Å². The number of carbonyl (C=O) groups excluding carboxylic acids is 1. The van der Waals surface area contributed by atoms with Gasteiger partial charge in [0.25, 0.3) is 0 Å². The van der Waals surface area contributed by atoms with Crippen molar-refractivity contribution < 1.29 is 9.53 Å². The minimum atomic E-state index is -0.648. The number of benzene rings is 1. The van der Waals surface area contributed by atoms with E-state index in [1.807, 2.05) is 37.3 Å². The third-order valence-electron chi connectivity index (χ3n) is 3.38. The van der Waals surface area contributed by atoms with Crippen LogP contribution in [0.3, 0.4) is 0 Å². The summed E-state index contributed by atoms with van der Waals surface area (Å²) in [4.78, 5) is 12.2. The Morgan fingerprint density at radius 2 is 2.06 bits per heavy atom. The van der Waals surface area contributed by atoms with Gasteiger partial charge in [-0.2, -0.15) is 0 Å². The molecule has 0 radical (unpaired) electrons. The second-order valence-corrected chi connectivity index (χ2v) is 4.47. The molecule has 1 unspecified atom stereocenters. The molecule has 3 nitrogen and oxygen atoms in total. The molecule has 17 heavy (non-hydrogen) atoms. The Balaban J connectivity index is 2.44. The van der Waals surface area contributed by atoms with Gasteiger partial charge >= 0.3 is 5.97 Å². The lowest BCUT2D eigenvalue weighted by Crippen LogP contribution is -2.51. The second kappa shape index (κ2) is 4.88. The lowest BCUT2D eigenvalue weighted by molar-refractivity contribution is -0.150. The molecular formula is C14H19NO2. The van der Waals surface area contributed by atoms with Crippen LogP contribution >= 0.6 is 0 Å². The Bertz CT molecular complexity index is 386. The van der Waals surface area contributed by atoms with Crippen molar-refractivity contribution in [3.63, 3.8) is 0 Å². The highest BCUT2D eigenvalue weighted by Crippen LogP contribution is 2.46. The van der Waals surface area contributed by atoms with E-state index >= 15 is 0 Å². The zero-order valence-corrected chi connectivity index (χ0v) is 10.4. The normalized spacial score (nSPS) is 18.5. The highest BCUT2D eigenvalue weighted by Gasteiger charge is 2.52. The maximum absolute atomic E-state index is 12.2. The highest BCUT2D eigenvalue weighted by atomic mass is 16.5. The number of likely N-dealkylation sites (N-methyl/N-ethyl adjacent to an activating group) is 1. The Hall–Kier alpha value is -1.35. The van der Waals surface area contributed by atoms with Gasteiger partial charge in [-0.05, 0) is 30.9 Å². The second-order valence-electron chi connectivity index (χ2n) is 4.47. The summed E-state index contributed by atoms with van der Waals surface area (Å²) >= 11 is 0. The number of nitrogens with one attached hydrogen (secondary N) is 1. The SMILES string of the molecule is CCNC(C(=O)OC)(c1ccccc1)C1CC1. The fourth-order valence-corrected chi connectivity index (χ4v) is 2.50. The minimum Gasteiger partial charge on any atom is -0.467 e. The quantitative estimate of drug-likeness (QED) is 0.791. The molecule has 92 valence electrons. The van der Waals surface area contributed by atoms with Crippen LogP contribution in [-0.4, -0.2) is 19.6 Å². The summed E-state index contributed by atoms with van der Waals surface area (Å²) in [6.45, 7) is 2.77. The van der Waals surface area contributed by atoms with Crippen LogP contribution in [-0.2, 0) is 15.1 Å². The number of rotatable bonds is 5. The van der Waals surface area contributed by atoms with Gasteiger partial charge in [0.15, 0.2) is 0 Å². The standard InChI is InChI=1S/C14H19NO2/c1-3-15-14(12-9-10-12,13(16)17-2)11-7-5-4-6-8-11/h4-8,12,15H,3,9-10H2,1-2H3. The molecule has 1 atom stereocenters. The van der Waals surface area contributed by atoms with Crippen molar-refractivity contribution in [2.24, 2.45) is 5.92 Å². The molecule has 0 aromatic heterocycles. The zero-order valence-electron chi connectivity index (χ0n) is 10.4. The fourth-order valence-electron chi connectivity index (χ4n) is 2.50. The van der Waals surface area contributed by atoms with Gasteiger partial charge in [0.1, 0.15) is 5.54 Å². The number of ether oxygens (including phenoxy) is 1. The maximum atomic E-state index is 12.2. The van der Waals surface area contributed by atoms with Crippen LogP contribution in [0.2, 0.25) is 0 Å². The average molecular weight is 233 g/mol. The van der Waals surface area contributed by atoms with Crippen molar-refractivity contribution in [1.82, 2.24) is 5.32 Å². The van der Waals surface area contributed by atoms with Crippen molar-refractivity contribution in [2.45, 2.75) is 25.3 Å². The van der Waals surface area contributed by atoms with Gasteiger partial charge in [0, 0.05) is 0 Å². The first kappa shape index (κ1) is 12.1. The van der Waals surface area contributed by atoms with Gasteiger partial charge in [-0.25, -0.2) is 4.79 Å². The minimum absolute atomic E-state index is 0.173. The maximum Gasteiger partial charge on any atom is 0.331 e. The molecule has 1 aliphatic rings. The molecule has 0 bridgehead atoms. The van der Waals surface area contributed by atoms with Crippen LogP contribution in [0.4, 0.5) is 0 Å². The van der Waals surface area contributed by atoms with Gasteiger partial charge in [-0.3, -0.25) is 5.32 Å². The lowest BCUT2D eigenvalue weighted by atomic mass is 9.84. The Morgan fingerprint density at radius 3 is 2.53 bits per heavy atom. The summed E-state index contributed by atoms with van der Waals surface area (Å²) in [6.07, 6.45) is 2.16. The van der Waals surface area contributed by atoms with Crippen LogP contribution in [0.1, 0.15) is 25.3 Å². The number of hydrogen-bond donors (Lipinski definition) is 1. The molecule has 3 heteroatoms. The van der Waals surface area contributed by atoms with Gasteiger partial charge in [-0.15, -0.1) is 0 Å². The van der Waals surface area contributed by atoms with E-state index in [4.69, 9.17) is 4.74 Å². The van der Waals surface area contributed by atoms with Crippen molar-refractivity contribution in [2.75, 3.05) is 13.7 Å². The first-order valence-corrected chi connectivity index (χ1v) is 6.14. The number of hydrogen-bond acceptors (Lipinski definition) is 3. The highest BCUT2D eigenvalue weighted by molar-refractivity contribution is 5.83. The van der Waals surface area contributed by atoms with Crippen LogP contribution in [0.5, 0.6) is 0 Å². The van der Waals surface area contributed by atoms with Crippen LogP contribution in [0.15, 0.2) is 30.3 Å². The third-order valence-corrected chi connectivity index (χ3v) is 3.38. The molecule has 1 saturated carbocycles. The molecular weight excluding hydrogens is 214 g/mol. The molecule has 0 spiro atoms. The van der Waals surface area contributed by atoms with E-state index in [0.29, 0.717) is 5.92 Å². The van der Waals surface area contributed by atoms with Gasteiger partial charge in [-0.1, -0.05) is 37.3 Å². The van der Waals surface area contributed by atoms with Crippen molar-refractivity contribution in [1.29, 1.82) is 0 Å². The smallest absolute Gasteiger partial charge is 0.331 e. The zero-order chi connectivity index (χ0) is 12.3. The summed E-state index contributed by atoms with van der Waals surface area (Å²) in [5.74, 6) is 0.186. The van der Waals surface area contributed by atoms with Crippen molar-refractivity contribution >= 4 is 5.97 Å². The average Bonchev–Trinajstić information content (AvgIpc) is 3.20. The van der Waals surface area contributed by atoms with Crippen LogP contribution in [0.25, 0.3) is 0 Å². The summed E-state index contributed by atoms with van der Waals surface area (Å²) in [6, 6.07) is 9.89. The monoisotopic (exact) mass is 233 g/mol. The summed E-state index contributed by atoms with van der Waals surface area (Å²) in [5.41, 5.74) is 0.362. The summed E-state index contributed by atoms with van der Waals surface area (Å²) < 4.78 is 5.02. The predicted molar refractivity (Wildman–Crippen MR) is 66.5 cm³/mol. The van der Waals surface area contributed by atoms with E-state index in [1.165, 1.54) is 7.11 Å². The molecule has 1 aromatic rings. The fraction of sp³-hybridized carbons (Fsp3) is 0.500. The summed E-state index contributed by atoms with van der Waals surface area (Å²) in [5, 5.41) is 3.35. The molecule has 2 rings (SSSR count). The Morgan fingerprint density at radius 1 is 1.41 bits per heavy atom. The Labute approximate surface area is 102 Å². The number of methoxy groups -OCH3 is 1. The van der Waals surface area contributed by atoms with E-state index in [-0.39, 0.29) is 5.97 Å². The van der Waals surface area contributed by atoms with Crippen LogP contribution in [0, 0.1) is 5.92 Å². The Kier molecular flexibility index (Phi) is 3.48. The molecule has 0 amide bonds. The van der Waals surface area contributed by atoms with E-state index in [2.05, 4.69) is 5.32 Å². The molecule has 1 aromatic carbocycles. The van der Waals surface area contributed by atoms with Gasteiger partial charge < -0.3 is 4.74 Å². The summed E-state index contributed by atoms with van der Waals surface area (Å²) in [7, 11) is 1.46. The number of carbonyl (C=O) groups is 1. The third kappa shape index (κ3) is 2.07. The topological polar surface area (TPSA) is 38.3 Å². The van der Waals surface area contributed by atoms with Gasteiger partial charge in [0.05, 0.1) is 7.11 Å². The molecule has 0 aliphatic heterocycles. The van der Waals surface area contributed by atoms with Crippen molar-refractivity contribution in [3.05, 3.63) is 35.9 Å².